The molecular formula is C19H30N2O3S. The first-order valence-electron chi connectivity index (χ1n) is 9.70. The summed E-state index contributed by atoms with van der Waals surface area (Å²) in [6.07, 6.45) is 4.22. The average Bonchev–Trinajstić information content (AvgIpc) is 3.45. The van der Waals surface area contributed by atoms with Crippen molar-refractivity contribution < 1.29 is 12.8 Å². The quantitative estimate of drug-likeness (QED) is 0.773. The standard InChI is InChI=1S/C19H30N2O3S/c1-13-8-14(2)11-20(10-13)25(22,23)21(16-4-5-16)12-17-6-7-19(24-17)18-9-15(18)3/h6-7,13-16,18H,4-5,8-12H2,1-3H3. The number of rotatable bonds is 6. The van der Waals surface area contributed by atoms with Gasteiger partial charge in [-0.25, -0.2) is 0 Å². The summed E-state index contributed by atoms with van der Waals surface area (Å²) in [5.41, 5.74) is 0. The van der Waals surface area contributed by atoms with Crippen molar-refractivity contribution in [3.8, 4) is 0 Å². The second-order valence-electron chi connectivity index (χ2n) is 8.67. The number of piperidine rings is 1. The predicted molar refractivity (Wildman–Crippen MR) is 97.2 cm³/mol. The van der Waals surface area contributed by atoms with Gasteiger partial charge in [-0.1, -0.05) is 20.8 Å². The van der Waals surface area contributed by atoms with Crippen LogP contribution in [0.5, 0.6) is 0 Å². The molecule has 4 rings (SSSR count). The van der Waals surface area contributed by atoms with Crippen LogP contribution in [0.15, 0.2) is 16.5 Å². The molecule has 0 spiro atoms. The first-order chi connectivity index (χ1) is 11.8. The van der Waals surface area contributed by atoms with Crippen LogP contribution >= 0.6 is 0 Å². The highest BCUT2D eigenvalue weighted by Gasteiger charge is 2.43. The minimum Gasteiger partial charge on any atom is -0.464 e. The minimum absolute atomic E-state index is 0.144. The SMILES string of the molecule is CC1CC(C)CN(S(=O)(=O)N(Cc2ccc(C3CC3C)o2)C2CC2)C1. The summed E-state index contributed by atoms with van der Waals surface area (Å²) in [5, 5.41) is 0. The Bertz CT molecular complexity index is 715. The Balaban J connectivity index is 1.51. The van der Waals surface area contributed by atoms with Gasteiger partial charge >= 0.3 is 0 Å². The Morgan fingerprint density at radius 1 is 1.12 bits per heavy atom. The highest BCUT2D eigenvalue weighted by atomic mass is 32.2. The largest absolute Gasteiger partial charge is 0.464 e. The predicted octanol–water partition coefficient (Wildman–Crippen LogP) is 3.59. The molecule has 1 aromatic heterocycles. The second kappa shape index (κ2) is 6.39. The van der Waals surface area contributed by atoms with E-state index in [1.54, 1.807) is 8.61 Å². The molecule has 2 saturated carbocycles. The van der Waals surface area contributed by atoms with Crippen LogP contribution in [-0.2, 0) is 16.8 Å². The molecule has 140 valence electrons. The number of hydrogen-bond donors (Lipinski definition) is 0. The van der Waals surface area contributed by atoms with Crippen LogP contribution in [0.2, 0.25) is 0 Å². The zero-order valence-electron chi connectivity index (χ0n) is 15.5. The summed E-state index contributed by atoms with van der Waals surface area (Å²) in [6.45, 7) is 8.17. The summed E-state index contributed by atoms with van der Waals surface area (Å²) in [6, 6.07) is 4.14. The summed E-state index contributed by atoms with van der Waals surface area (Å²) in [7, 11) is -3.42. The third kappa shape index (κ3) is 3.67. The lowest BCUT2D eigenvalue weighted by molar-refractivity contribution is 0.204. The fourth-order valence-electron chi connectivity index (χ4n) is 4.25. The number of furan rings is 1. The molecular weight excluding hydrogens is 336 g/mol. The van der Waals surface area contributed by atoms with Crippen LogP contribution in [0.3, 0.4) is 0 Å². The maximum atomic E-state index is 13.3. The smallest absolute Gasteiger partial charge is 0.282 e. The molecule has 1 aliphatic heterocycles. The van der Waals surface area contributed by atoms with E-state index in [2.05, 4.69) is 20.8 Å². The maximum absolute atomic E-state index is 13.3. The third-order valence-corrected chi connectivity index (χ3v) is 7.85. The number of nitrogens with zero attached hydrogens (tertiary/aromatic N) is 2. The van der Waals surface area contributed by atoms with Crippen molar-refractivity contribution in [2.75, 3.05) is 13.1 Å². The van der Waals surface area contributed by atoms with Crippen LogP contribution in [-0.4, -0.2) is 36.2 Å². The van der Waals surface area contributed by atoms with E-state index < -0.39 is 10.2 Å². The number of hydrogen-bond acceptors (Lipinski definition) is 3. The fourth-order valence-corrected chi connectivity index (χ4v) is 6.32. The van der Waals surface area contributed by atoms with Crippen LogP contribution in [0.1, 0.15) is 63.9 Å². The molecule has 2 aliphatic carbocycles. The summed E-state index contributed by atoms with van der Waals surface area (Å²) in [5.74, 6) is 3.87. The summed E-state index contributed by atoms with van der Waals surface area (Å²) >= 11 is 0. The molecule has 0 aromatic carbocycles. The van der Waals surface area contributed by atoms with Gasteiger partial charge in [0.1, 0.15) is 11.5 Å². The normalized spacial score (nSPS) is 33.8. The van der Waals surface area contributed by atoms with Gasteiger partial charge in [0, 0.05) is 25.0 Å². The summed E-state index contributed by atoms with van der Waals surface area (Å²) in [4.78, 5) is 0. The molecule has 4 atom stereocenters. The Hall–Kier alpha value is -0.850. The van der Waals surface area contributed by atoms with Crippen LogP contribution in [0.25, 0.3) is 0 Å². The van der Waals surface area contributed by atoms with Crippen LogP contribution in [0, 0.1) is 17.8 Å². The topological polar surface area (TPSA) is 53.8 Å². The molecule has 5 nitrogen and oxygen atoms in total. The van der Waals surface area contributed by atoms with Gasteiger partial charge in [-0.2, -0.15) is 17.0 Å². The second-order valence-corrected chi connectivity index (χ2v) is 10.6. The van der Waals surface area contributed by atoms with Gasteiger partial charge in [-0.3, -0.25) is 0 Å². The van der Waals surface area contributed by atoms with Gasteiger partial charge in [0.2, 0.25) is 0 Å². The zero-order valence-corrected chi connectivity index (χ0v) is 16.3. The van der Waals surface area contributed by atoms with E-state index in [9.17, 15) is 8.42 Å². The Labute approximate surface area is 151 Å². The van der Waals surface area contributed by atoms with Gasteiger partial charge in [0.25, 0.3) is 10.2 Å². The molecule has 3 aliphatic rings. The van der Waals surface area contributed by atoms with E-state index in [0.717, 1.165) is 30.8 Å². The Morgan fingerprint density at radius 3 is 2.32 bits per heavy atom. The molecule has 0 bridgehead atoms. The lowest BCUT2D eigenvalue weighted by Crippen LogP contribution is -2.50. The molecule has 1 saturated heterocycles. The molecule has 6 heteroatoms. The van der Waals surface area contributed by atoms with Gasteiger partial charge < -0.3 is 4.42 Å². The lowest BCUT2D eigenvalue weighted by atomic mass is 9.94. The highest BCUT2D eigenvalue weighted by molar-refractivity contribution is 7.86. The van der Waals surface area contributed by atoms with E-state index in [1.807, 2.05) is 12.1 Å². The van der Waals surface area contributed by atoms with Crippen molar-refractivity contribution in [1.29, 1.82) is 0 Å². The highest BCUT2D eigenvalue weighted by Crippen LogP contribution is 2.47. The van der Waals surface area contributed by atoms with Gasteiger partial charge in [-0.05, 0) is 55.6 Å². The van der Waals surface area contributed by atoms with E-state index in [4.69, 9.17) is 4.42 Å². The first-order valence-corrected chi connectivity index (χ1v) is 11.1. The third-order valence-electron chi connectivity index (χ3n) is 5.88. The Morgan fingerprint density at radius 2 is 1.76 bits per heavy atom. The molecule has 25 heavy (non-hydrogen) atoms. The molecule has 3 fully saturated rings. The van der Waals surface area contributed by atoms with Crippen molar-refractivity contribution in [2.45, 2.75) is 65.0 Å². The van der Waals surface area contributed by atoms with Crippen molar-refractivity contribution in [3.05, 3.63) is 23.7 Å². The van der Waals surface area contributed by atoms with Crippen LogP contribution in [0.4, 0.5) is 0 Å². The average molecular weight is 367 g/mol. The molecule has 4 unspecified atom stereocenters. The van der Waals surface area contributed by atoms with E-state index >= 15 is 0 Å². The monoisotopic (exact) mass is 366 g/mol. The fraction of sp³-hybridized carbons (Fsp3) is 0.789. The molecule has 0 amide bonds. The van der Waals surface area contributed by atoms with Crippen LogP contribution < -0.4 is 0 Å². The molecule has 2 heterocycles. The van der Waals surface area contributed by atoms with E-state index in [1.165, 1.54) is 6.42 Å². The van der Waals surface area contributed by atoms with Gasteiger partial charge in [0.15, 0.2) is 0 Å². The minimum atomic E-state index is -3.42. The first kappa shape index (κ1) is 17.6. The lowest BCUT2D eigenvalue weighted by Gasteiger charge is -2.37. The molecule has 0 radical (unpaired) electrons. The van der Waals surface area contributed by atoms with E-state index in [-0.39, 0.29) is 6.04 Å². The van der Waals surface area contributed by atoms with Gasteiger partial charge in [0.05, 0.1) is 6.54 Å². The molecule has 0 N–H and O–H groups in total. The van der Waals surface area contributed by atoms with Crippen molar-refractivity contribution in [2.24, 2.45) is 17.8 Å². The van der Waals surface area contributed by atoms with Crippen molar-refractivity contribution in [3.63, 3.8) is 0 Å². The Kier molecular flexibility index (Phi) is 4.49. The van der Waals surface area contributed by atoms with Crippen molar-refractivity contribution in [1.82, 2.24) is 8.61 Å². The maximum Gasteiger partial charge on any atom is 0.282 e. The summed E-state index contributed by atoms with van der Waals surface area (Å²) < 4.78 is 35.9. The van der Waals surface area contributed by atoms with Gasteiger partial charge in [-0.15, -0.1) is 0 Å². The van der Waals surface area contributed by atoms with E-state index in [0.29, 0.717) is 43.3 Å². The van der Waals surface area contributed by atoms with Crippen molar-refractivity contribution >= 4 is 10.2 Å². The zero-order chi connectivity index (χ0) is 17.8. The molecule has 1 aromatic rings.